The number of hydrogen-bond acceptors (Lipinski definition) is 15. The summed E-state index contributed by atoms with van der Waals surface area (Å²) in [4.78, 5) is 45.8. The molecule has 0 spiro atoms. The Kier molecular flexibility index (Phi) is 13.8. The number of hydrogen-bond donors (Lipinski definition) is 1. The minimum Gasteiger partial charge on any atom is -0.426 e. The summed E-state index contributed by atoms with van der Waals surface area (Å²) in [6.45, 7) is 6.08. The van der Waals surface area contributed by atoms with Gasteiger partial charge in [0.15, 0.2) is 17.0 Å². The number of rotatable bonds is 19. The van der Waals surface area contributed by atoms with Gasteiger partial charge in [0.25, 0.3) is 5.09 Å². The number of aromatic nitrogens is 6. The number of aryl methyl sites for hydroxylation is 1. The highest BCUT2D eigenvalue weighted by Gasteiger charge is 2.50. The summed E-state index contributed by atoms with van der Waals surface area (Å²) in [6.07, 6.45) is -0.859. The second-order valence-electron chi connectivity index (χ2n) is 13.5. The van der Waals surface area contributed by atoms with Gasteiger partial charge in [-0.05, 0) is 54.5 Å². The number of fused-ring (bicyclic) bond motifs is 1. The number of carbonyl (C=O) groups is 2. The SMILES string of the molecule is CCCCc1nc(Cl)c(C(=O)OC(C)OC(=O)O[C@H]2COC3C2OC[C@@H]3OCCCC[C@@H](C)O[N+](=O)[O-])n1Cc1ccc(-c2ccccc2-c2nn[nH]n2)cc1. The van der Waals surface area contributed by atoms with Crippen LogP contribution in [0.5, 0.6) is 0 Å². The second-order valence-corrected chi connectivity index (χ2v) is 13.8. The van der Waals surface area contributed by atoms with Gasteiger partial charge in [0, 0.05) is 32.1 Å². The van der Waals surface area contributed by atoms with Gasteiger partial charge in [0.05, 0.1) is 13.2 Å². The summed E-state index contributed by atoms with van der Waals surface area (Å²) in [5.41, 5.74) is 3.61. The molecule has 18 nitrogen and oxygen atoms in total. The van der Waals surface area contributed by atoms with Crippen LogP contribution in [-0.4, -0.2) is 104 Å². The van der Waals surface area contributed by atoms with Crippen molar-refractivity contribution in [3.8, 4) is 22.5 Å². The molecule has 2 saturated heterocycles. The zero-order valence-electron chi connectivity index (χ0n) is 31.2. The number of aromatic amines is 1. The van der Waals surface area contributed by atoms with Gasteiger partial charge in [-0.3, -0.25) is 0 Å². The van der Waals surface area contributed by atoms with E-state index in [-0.39, 0.29) is 36.7 Å². The molecule has 2 aromatic heterocycles. The van der Waals surface area contributed by atoms with Crippen LogP contribution in [0.25, 0.3) is 22.5 Å². The summed E-state index contributed by atoms with van der Waals surface area (Å²) in [7, 11) is 0. The molecule has 300 valence electrons. The number of esters is 1. The Morgan fingerprint density at radius 2 is 1.75 bits per heavy atom. The first kappa shape index (κ1) is 40.5. The number of ether oxygens (including phenoxy) is 6. The van der Waals surface area contributed by atoms with Crippen molar-refractivity contribution in [1.29, 1.82) is 0 Å². The zero-order valence-corrected chi connectivity index (χ0v) is 32.0. The molecule has 19 heteroatoms. The molecule has 2 fully saturated rings. The Labute approximate surface area is 327 Å². The van der Waals surface area contributed by atoms with Crippen LogP contribution in [-0.2, 0) is 46.2 Å². The first-order valence-electron chi connectivity index (χ1n) is 18.5. The van der Waals surface area contributed by atoms with E-state index >= 15 is 0 Å². The van der Waals surface area contributed by atoms with Crippen LogP contribution < -0.4 is 0 Å². The minimum absolute atomic E-state index is 0.0238. The van der Waals surface area contributed by atoms with Crippen LogP contribution >= 0.6 is 11.6 Å². The van der Waals surface area contributed by atoms with Gasteiger partial charge in [-0.1, -0.05) is 73.5 Å². The Morgan fingerprint density at radius 3 is 2.46 bits per heavy atom. The molecule has 3 unspecified atom stereocenters. The van der Waals surface area contributed by atoms with E-state index < -0.39 is 47.9 Å². The summed E-state index contributed by atoms with van der Waals surface area (Å²) in [5, 5.41) is 24.1. The number of H-pyrrole nitrogens is 1. The van der Waals surface area contributed by atoms with Crippen LogP contribution in [0.15, 0.2) is 48.5 Å². The number of nitrogens with one attached hydrogen (secondary N) is 1. The first-order valence-corrected chi connectivity index (χ1v) is 18.9. The van der Waals surface area contributed by atoms with Crippen LogP contribution in [0.2, 0.25) is 5.15 Å². The predicted octanol–water partition coefficient (Wildman–Crippen LogP) is 5.75. The largest absolute Gasteiger partial charge is 0.511 e. The topological polar surface area (TPSA) is 214 Å². The van der Waals surface area contributed by atoms with Crippen molar-refractivity contribution in [2.75, 3.05) is 19.8 Å². The molecule has 0 amide bonds. The van der Waals surface area contributed by atoms with Gasteiger partial charge in [-0.25, -0.2) is 14.6 Å². The lowest BCUT2D eigenvalue weighted by molar-refractivity contribution is -0.767. The van der Waals surface area contributed by atoms with Crippen LogP contribution in [0.3, 0.4) is 0 Å². The maximum absolute atomic E-state index is 13.6. The van der Waals surface area contributed by atoms with Gasteiger partial charge in [0.2, 0.25) is 12.1 Å². The van der Waals surface area contributed by atoms with Gasteiger partial charge in [-0.15, -0.1) is 20.3 Å². The molecular formula is C37H44ClN7O11. The number of unbranched alkanes of at least 4 members (excludes halogenated alkanes) is 2. The molecule has 0 saturated carbocycles. The molecule has 4 aromatic rings. The summed E-state index contributed by atoms with van der Waals surface area (Å²) < 4.78 is 35.6. The minimum atomic E-state index is -1.33. The highest BCUT2D eigenvalue weighted by molar-refractivity contribution is 6.32. The standard InChI is InChI=1S/C37H44ClN7O11/c1-4-5-13-30-39-34(38)31(44(30)19-24-14-16-25(17-15-24)26-11-6-7-12-27(26)35-40-42-43-41-35)36(46)53-23(3)54-37(47)55-29-21-52-32-28(20-51-33(29)32)50-18-9-8-10-22(2)56-45(48)49/h6-7,11-12,14-17,22-23,28-29,32-33H,4-5,8-10,13,18-21H2,1-3H3,(H,40,41,42,43)/t22-,23?,28+,29+,32?,33?/m1/s1. The Hall–Kier alpha value is -5.17. The summed E-state index contributed by atoms with van der Waals surface area (Å²) in [5.74, 6) is 0.284. The monoisotopic (exact) mass is 797 g/mol. The van der Waals surface area contributed by atoms with Crippen LogP contribution in [0.4, 0.5) is 4.79 Å². The van der Waals surface area contributed by atoms with E-state index in [2.05, 4.69) is 37.4 Å². The van der Waals surface area contributed by atoms with E-state index in [1.54, 1.807) is 11.5 Å². The third kappa shape index (κ3) is 10.2. The third-order valence-electron chi connectivity index (χ3n) is 9.42. The number of halogens is 1. The molecule has 6 rings (SSSR count). The molecule has 56 heavy (non-hydrogen) atoms. The molecule has 6 atom stereocenters. The second kappa shape index (κ2) is 19.1. The molecular weight excluding hydrogens is 754 g/mol. The van der Waals surface area contributed by atoms with E-state index in [9.17, 15) is 19.7 Å². The predicted molar refractivity (Wildman–Crippen MR) is 197 cm³/mol. The molecule has 2 aliphatic heterocycles. The van der Waals surface area contributed by atoms with Gasteiger partial charge in [0.1, 0.15) is 30.2 Å². The maximum atomic E-state index is 13.6. The molecule has 0 aliphatic carbocycles. The molecule has 4 heterocycles. The average molecular weight is 798 g/mol. The van der Waals surface area contributed by atoms with E-state index in [4.69, 9.17) is 40.0 Å². The van der Waals surface area contributed by atoms with Crippen molar-refractivity contribution in [2.24, 2.45) is 0 Å². The lowest BCUT2D eigenvalue weighted by Crippen LogP contribution is -2.36. The average Bonchev–Trinajstić information content (AvgIpc) is 3.98. The van der Waals surface area contributed by atoms with Gasteiger partial charge < -0.3 is 37.8 Å². The summed E-state index contributed by atoms with van der Waals surface area (Å²) >= 11 is 6.55. The quantitative estimate of drug-likeness (QED) is 0.0393. The maximum Gasteiger partial charge on any atom is 0.511 e. The highest BCUT2D eigenvalue weighted by Crippen LogP contribution is 2.32. The fourth-order valence-corrected chi connectivity index (χ4v) is 6.97. The number of nitrogens with zero attached hydrogens (tertiary/aromatic N) is 6. The third-order valence-corrected chi connectivity index (χ3v) is 9.68. The Morgan fingerprint density at radius 1 is 1.02 bits per heavy atom. The number of imidazole rings is 1. The molecule has 2 aromatic carbocycles. The van der Waals surface area contributed by atoms with E-state index in [0.717, 1.165) is 35.1 Å². The Balaban J connectivity index is 1.02. The van der Waals surface area contributed by atoms with E-state index in [0.29, 0.717) is 43.9 Å². The lowest BCUT2D eigenvalue weighted by atomic mass is 9.98. The lowest BCUT2D eigenvalue weighted by Gasteiger charge is -2.19. The summed E-state index contributed by atoms with van der Waals surface area (Å²) in [6, 6.07) is 15.6. The Bertz CT molecular complexity index is 1930. The fourth-order valence-electron chi connectivity index (χ4n) is 6.69. The fraction of sp³-hybridized carbons (Fsp3) is 0.514. The highest BCUT2D eigenvalue weighted by atomic mass is 35.5. The normalized spacial score (nSPS) is 19.9. The number of benzene rings is 2. The number of carbonyl (C=O) groups excluding carboxylic acids is 2. The van der Waals surface area contributed by atoms with Gasteiger partial charge >= 0.3 is 12.1 Å². The van der Waals surface area contributed by atoms with Gasteiger partial charge in [-0.2, -0.15) is 5.21 Å². The van der Waals surface area contributed by atoms with Crippen molar-refractivity contribution in [1.82, 2.24) is 30.2 Å². The molecule has 2 aliphatic rings. The van der Waals surface area contributed by atoms with Crippen LogP contribution in [0.1, 0.15) is 74.8 Å². The van der Waals surface area contributed by atoms with Crippen molar-refractivity contribution in [3.63, 3.8) is 0 Å². The molecule has 0 bridgehead atoms. The first-order chi connectivity index (χ1) is 27.1. The van der Waals surface area contributed by atoms with Crippen molar-refractivity contribution in [3.05, 3.63) is 80.9 Å². The molecule has 0 radical (unpaired) electrons. The van der Waals surface area contributed by atoms with E-state index in [1.807, 2.05) is 48.5 Å². The van der Waals surface area contributed by atoms with Crippen molar-refractivity contribution >= 4 is 23.7 Å². The number of tetrazole rings is 1. The van der Waals surface area contributed by atoms with Crippen LogP contribution in [0, 0.1) is 10.1 Å². The zero-order chi connectivity index (χ0) is 39.6. The van der Waals surface area contributed by atoms with Crippen molar-refractivity contribution in [2.45, 2.75) is 103 Å². The molecule has 1 N–H and O–H groups in total. The van der Waals surface area contributed by atoms with Crippen molar-refractivity contribution < 1.29 is 47.9 Å². The smallest absolute Gasteiger partial charge is 0.426 e. The van der Waals surface area contributed by atoms with E-state index in [1.165, 1.54) is 6.92 Å².